The van der Waals surface area contributed by atoms with Gasteiger partial charge in [-0.3, -0.25) is 25.2 Å². The topological polar surface area (TPSA) is 148 Å². The van der Waals surface area contributed by atoms with Crippen LogP contribution in [-0.4, -0.2) is 38.6 Å². The first-order chi connectivity index (χ1) is 17.5. The monoisotopic (exact) mass is 502 g/mol. The number of aryl methyl sites for hydroxylation is 2. The number of nitrogens with zero attached hydrogens (tertiary/aromatic N) is 3. The molecule has 1 aromatic carbocycles. The largest absolute Gasteiger partial charge is 0.444 e. The fourth-order valence-corrected chi connectivity index (χ4v) is 3.53. The van der Waals surface area contributed by atoms with Crippen LogP contribution < -0.4 is 16.0 Å². The summed E-state index contributed by atoms with van der Waals surface area (Å²) in [6.45, 7) is 8.96. The molecule has 0 spiro atoms. The van der Waals surface area contributed by atoms with Gasteiger partial charge in [-0.2, -0.15) is 0 Å². The molecule has 11 heteroatoms. The Bertz CT molecular complexity index is 1510. The van der Waals surface area contributed by atoms with E-state index in [1.807, 2.05) is 25.1 Å². The molecule has 0 aliphatic rings. The number of fused-ring (bicyclic) bond motifs is 1. The fourth-order valence-electron chi connectivity index (χ4n) is 3.53. The van der Waals surface area contributed by atoms with Crippen molar-refractivity contribution >= 4 is 46.1 Å². The zero-order valence-electron chi connectivity index (χ0n) is 21.0. The van der Waals surface area contributed by atoms with Gasteiger partial charge in [0.05, 0.1) is 11.4 Å². The first-order valence-electron chi connectivity index (χ1n) is 11.4. The maximum Gasteiger partial charge on any atom is 0.412 e. The molecule has 0 saturated carbocycles. The Balaban J connectivity index is 1.67. The average Bonchev–Trinajstić information content (AvgIpc) is 3.22. The molecule has 37 heavy (non-hydrogen) atoms. The molecule has 3 aromatic heterocycles. The SMILES string of the molecule is Cc1cc(NC(=O)C(=O)Nc2cc3cc(-c4cnccc4C)cc(NC(=O)OC(C)(C)C)c3cn2)on1. The number of anilines is 3. The quantitative estimate of drug-likeness (QED) is 0.336. The summed E-state index contributed by atoms with van der Waals surface area (Å²) in [6, 6.07) is 8.67. The van der Waals surface area contributed by atoms with E-state index in [0.717, 1.165) is 16.7 Å². The van der Waals surface area contributed by atoms with Crippen LogP contribution in [0.1, 0.15) is 32.0 Å². The van der Waals surface area contributed by atoms with Crippen molar-refractivity contribution in [2.24, 2.45) is 0 Å². The van der Waals surface area contributed by atoms with E-state index in [-0.39, 0.29) is 11.7 Å². The van der Waals surface area contributed by atoms with Crippen molar-refractivity contribution in [3.8, 4) is 11.1 Å². The van der Waals surface area contributed by atoms with E-state index < -0.39 is 23.5 Å². The van der Waals surface area contributed by atoms with Crippen LogP contribution in [0.2, 0.25) is 0 Å². The Morgan fingerprint density at radius 1 is 0.946 bits per heavy atom. The number of ether oxygens (including phenoxy) is 1. The Morgan fingerprint density at radius 3 is 2.38 bits per heavy atom. The highest BCUT2D eigenvalue weighted by atomic mass is 16.6. The maximum absolute atomic E-state index is 12.5. The van der Waals surface area contributed by atoms with E-state index in [2.05, 4.69) is 31.1 Å². The van der Waals surface area contributed by atoms with Crippen molar-refractivity contribution in [1.82, 2.24) is 15.1 Å². The summed E-state index contributed by atoms with van der Waals surface area (Å²) in [5.74, 6) is -1.68. The molecule has 0 radical (unpaired) electrons. The van der Waals surface area contributed by atoms with Crippen LogP contribution in [0.25, 0.3) is 21.9 Å². The maximum atomic E-state index is 12.5. The minimum Gasteiger partial charge on any atom is -0.444 e. The zero-order chi connectivity index (χ0) is 26.7. The molecule has 3 amide bonds. The molecule has 0 aliphatic carbocycles. The number of nitrogens with one attached hydrogen (secondary N) is 3. The van der Waals surface area contributed by atoms with E-state index in [1.54, 1.807) is 46.2 Å². The number of aromatic nitrogens is 3. The van der Waals surface area contributed by atoms with Gasteiger partial charge in [-0.25, -0.2) is 9.78 Å². The minimum absolute atomic E-state index is 0.0541. The standard InChI is InChI=1S/C26H26N6O5/c1-14-6-7-27-12-18(14)16-9-17-11-21(30-23(33)24(34)31-22-8-15(2)32-37-22)28-13-19(17)20(10-16)29-25(35)36-26(3,4)5/h6-13H,1-5H3,(H,29,35)(H,31,34)(H,28,30,33). The summed E-state index contributed by atoms with van der Waals surface area (Å²) >= 11 is 0. The molecule has 0 bridgehead atoms. The van der Waals surface area contributed by atoms with Gasteiger partial charge in [0, 0.05) is 35.6 Å². The van der Waals surface area contributed by atoms with E-state index in [4.69, 9.17) is 9.26 Å². The van der Waals surface area contributed by atoms with Crippen molar-refractivity contribution in [3.63, 3.8) is 0 Å². The fraction of sp³-hybridized carbons (Fsp3) is 0.231. The summed E-state index contributed by atoms with van der Waals surface area (Å²) in [5, 5.41) is 12.5. The van der Waals surface area contributed by atoms with Gasteiger partial charge in [0.15, 0.2) is 0 Å². The van der Waals surface area contributed by atoms with Crippen LogP contribution in [0.15, 0.2) is 53.4 Å². The molecule has 0 aliphatic heterocycles. The predicted molar refractivity (Wildman–Crippen MR) is 138 cm³/mol. The Labute approximate surface area is 212 Å². The lowest BCUT2D eigenvalue weighted by Gasteiger charge is -2.20. The third-order valence-corrected chi connectivity index (χ3v) is 5.14. The number of benzene rings is 1. The molecule has 0 saturated heterocycles. The highest BCUT2D eigenvalue weighted by Crippen LogP contribution is 2.33. The van der Waals surface area contributed by atoms with Crippen LogP contribution in [0, 0.1) is 13.8 Å². The Morgan fingerprint density at radius 2 is 1.70 bits per heavy atom. The van der Waals surface area contributed by atoms with Crippen LogP contribution in [0.5, 0.6) is 0 Å². The van der Waals surface area contributed by atoms with Gasteiger partial charge in [0.25, 0.3) is 0 Å². The van der Waals surface area contributed by atoms with Crippen molar-refractivity contribution in [3.05, 3.63) is 60.2 Å². The van der Waals surface area contributed by atoms with Gasteiger partial charge in [-0.1, -0.05) is 5.16 Å². The third-order valence-electron chi connectivity index (χ3n) is 5.14. The second-order valence-electron chi connectivity index (χ2n) is 9.37. The summed E-state index contributed by atoms with van der Waals surface area (Å²) < 4.78 is 10.3. The summed E-state index contributed by atoms with van der Waals surface area (Å²) in [5.41, 5.74) is 2.97. The van der Waals surface area contributed by atoms with E-state index >= 15 is 0 Å². The lowest BCUT2D eigenvalue weighted by molar-refractivity contribution is -0.133. The third kappa shape index (κ3) is 6.26. The molecule has 4 rings (SSSR count). The second-order valence-corrected chi connectivity index (χ2v) is 9.37. The number of pyridine rings is 2. The van der Waals surface area contributed by atoms with Gasteiger partial charge < -0.3 is 14.6 Å². The van der Waals surface area contributed by atoms with Gasteiger partial charge in [-0.05, 0) is 75.4 Å². The summed E-state index contributed by atoms with van der Waals surface area (Å²) in [6.07, 6.45) is 4.30. The zero-order valence-corrected chi connectivity index (χ0v) is 21.0. The van der Waals surface area contributed by atoms with Crippen molar-refractivity contribution in [2.45, 2.75) is 40.2 Å². The van der Waals surface area contributed by atoms with Gasteiger partial charge in [0.1, 0.15) is 11.4 Å². The highest BCUT2D eigenvalue weighted by molar-refractivity contribution is 6.43. The van der Waals surface area contributed by atoms with Gasteiger partial charge in [0.2, 0.25) is 5.88 Å². The first kappa shape index (κ1) is 25.3. The summed E-state index contributed by atoms with van der Waals surface area (Å²) in [7, 11) is 0. The number of carbonyl (C=O) groups is 3. The van der Waals surface area contributed by atoms with E-state index in [9.17, 15) is 14.4 Å². The van der Waals surface area contributed by atoms with Crippen LogP contribution >= 0.6 is 0 Å². The van der Waals surface area contributed by atoms with E-state index in [0.29, 0.717) is 22.2 Å². The molecule has 4 aromatic rings. The number of hydrogen-bond donors (Lipinski definition) is 3. The minimum atomic E-state index is -0.940. The van der Waals surface area contributed by atoms with Crippen molar-refractivity contribution in [2.75, 3.05) is 16.0 Å². The molecular weight excluding hydrogens is 476 g/mol. The Kier molecular flexibility index (Phi) is 6.87. The second kappa shape index (κ2) is 10.1. The first-order valence-corrected chi connectivity index (χ1v) is 11.4. The predicted octanol–water partition coefficient (Wildman–Crippen LogP) is 4.83. The lowest BCUT2D eigenvalue weighted by atomic mass is 9.99. The number of amides is 3. The van der Waals surface area contributed by atoms with Crippen LogP contribution in [-0.2, 0) is 14.3 Å². The molecule has 190 valence electrons. The number of carbonyl (C=O) groups excluding carboxylic acids is 3. The normalized spacial score (nSPS) is 11.2. The van der Waals surface area contributed by atoms with Crippen LogP contribution in [0.3, 0.4) is 0 Å². The molecule has 0 fully saturated rings. The highest BCUT2D eigenvalue weighted by Gasteiger charge is 2.20. The molecule has 0 atom stereocenters. The van der Waals surface area contributed by atoms with Crippen LogP contribution in [0.4, 0.5) is 22.2 Å². The van der Waals surface area contributed by atoms with Crippen molar-refractivity contribution in [1.29, 1.82) is 0 Å². The van der Waals surface area contributed by atoms with E-state index in [1.165, 1.54) is 12.3 Å². The number of rotatable bonds is 4. The molecule has 3 heterocycles. The molecule has 11 nitrogen and oxygen atoms in total. The lowest BCUT2D eigenvalue weighted by Crippen LogP contribution is -2.29. The molecule has 0 unspecified atom stereocenters. The number of hydrogen-bond acceptors (Lipinski definition) is 8. The molecular formula is C26H26N6O5. The van der Waals surface area contributed by atoms with Crippen molar-refractivity contribution < 1.29 is 23.6 Å². The van der Waals surface area contributed by atoms with Gasteiger partial charge in [-0.15, -0.1) is 0 Å². The van der Waals surface area contributed by atoms with Gasteiger partial charge >= 0.3 is 17.9 Å². The smallest absolute Gasteiger partial charge is 0.412 e. The molecule has 3 N–H and O–H groups in total. The summed E-state index contributed by atoms with van der Waals surface area (Å²) in [4.78, 5) is 45.7. The Hall–Kier alpha value is -4.80. The average molecular weight is 503 g/mol.